The zero-order chi connectivity index (χ0) is 40.3. The monoisotopic (exact) mass is 789 g/mol. The summed E-state index contributed by atoms with van der Waals surface area (Å²) in [5.74, 6) is -0.685. The Bertz CT molecular complexity index is 987. The molecule has 6 unspecified atom stereocenters. The molecule has 0 heterocycles. The lowest BCUT2D eigenvalue weighted by atomic mass is 10.0. The molecule has 0 aromatic heterocycles. The number of esters is 2. The standard InChI is InChI=1S/C37H77BN4O9Si2/c1-29(39-6)13-14-30(2)40-19-17-36(45)49-27-34(43)25-47-21-11-23-52(7,8)51-53(9,10)24-12-22-48-26-35(44)28-50-37(46)18-20-41-31(3)15-16-32(4)42-33(5)38/h29-32,34-35,39-44H,5,11-28H2,1-4,6-10H3. The van der Waals surface area contributed by atoms with Crippen molar-refractivity contribution < 1.29 is 42.9 Å². The number of rotatable bonds is 35. The first-order valence-corrected chi connectivity index (χ1v) is 25.9. The molecule has 2 radical (unpaired) electrons. The Morgan fingerprint density at radius 3 is 1.47 bits per heavy atom. The predicted octanol–water partition coefficient (Wildman–Crippen LogP) is 3.56. The molecule has 0 aromatic carbocycles. The largest absolute Gasteiger partial charge is 0.463 e. The number of nitrogens with one attached hydrogen (secondary N) is 4. The number of hydrogen-bond acceptors (Lipinski definition) is 13. The van der Waals surface area contributed by atoms with E-state index < -0.39 is 28.8 Å². The van der Waals surface area contributed by atoms with Crippen molar-refractivity contribution >= 4 is 36.4 Å². The van der Waals surface area contributed by atoms with Crippen LogP contribution < -0.4 is 21.3 Å². The Hall–Kier alpha value is -1.34. The zero-order valence-electron chi connectivity index (χ0n) is 34.7. The van der Waals surface area contributed by atoms with Gasteiger partial charge < -0.3 is 54.5 Å². The summed E-state index contributed by atoms with van der Waals surface area (Å²) in [4.78, 5) is 24.1. The molecule has 53 heavy (non-hydrogen) atoms. The molecule has 13 nitrogen and oxygen atoms in total. The van der Waals surface area contributed by atoms with Crippen LogP contribution in [0.5, 0.6) is 0 Å². The van der Waals surface area contributed by atoms with Crippen molar-refractivity contribution in [3.8, 4) is 0 Å². The highest BCUT2D eigenvalue weighted by molar-refractivity contribution is 6.84. The normalized spacial score (nSPS) is 15.6. The van der Waals surface area contributed by atoms with Gasteiger partial charge in [0.2, 0.25) is 0 Å². The lowest BCUT2D eigenvalue weighted by Crippen LogP contribution is -2.44. The van der Waals surface area contributed by atoms with Gasteiger partial charge in [-0.25, -0.2) is 0 Å². The van der Waals surface area contributed by atoms with Gasteiger partial charge in [-0.1, -0.05) is 6.58 Å². The number of carbonyl (C=O) groups is 2. The second-order valence-corrected chi connectivity index (χ2v) is 24.6. The first kappa shape index (κ1) is 51.7. The van der Waals surface area contributed by atoms with Crippen molar-refractivity contribution in [3.63, 3.8) is 0 Å². The second-order valence-electron chi connectivity index (χ2n) is 15.8. The Kier molecular flexibility index (Phi) is 29.1. The summed E-state index contributed by atoms with van der Waals surface area (Å²) in [5, 5.41) is 33.3. The van der Waals surface area contributed by atoms with E-state index in [0.717, 1.165) is 50.6 Å². The smallest absolute Gasteiger partial charge is 0.307 e. The minimum atomic E-state index is -1.92. The molecular formula is C37H77BN4O9Si2. The van der Waals surface area contributed by atoms with Gasteiger partial charge in [-0.3, -0.25) is 9.59 Å². The molecule has 0 saturated heterocycles. The molecule has 310 valence electrons. The maximum atomic E-state index is 12.1. The van der Waals surface area contributed by atoms with Crippen LogP contribution in [0.2, 0.25) is 38.3 Å². The van der Waals surface area contributed by atoms with E-state index in [0.29, 0.717) is 44.0 Å². The Morgan fingerprint density at radius 1 is 0.679 bits per heavy atom. The quantitative estimate of drug-likeness (QED) is 0.0314. The van der Waals surface area contributed by atoms with Crippen molar-refractivity contribution in [1.29, 1.82) is 0 Å². The van der Waals surface area contributed by atoms with E-state index in [1.807, 2.05) is 7.05 Å². The summed E-state index contributed by atoms with van der Waals surface area (Å²) < 4.78 is 28.4. The minimum Gasteiger partial charge on any atom is -0.463 e. The maximum absolute atomic E-state index is 12.1. The van der Waals surface area contributed by atoms with Crippen LogP contribution >= 0.6 is 0 Å². The fraction of sp³-hybridized carbons (Fsp3) is 0.892. The first-order chi connectivity index (χ1) is 24.8. The molecule has 0 saturated carbocycles. The molecule has 0 rings (SSSR count). The van der Waals surface area contributed by atoms with E-state index in [-0.39, 0.29) is 63.3 Å². The van der Waals surface area contributed by atoms with E-state index in [9.17, 15) is 19.8 Å². The average Bonchev–Trinajstić information content (AvgIpc) is 3.06. The number of aliphatic hydroxyl groups is 2. The molecule has 0 fully saturated rings. The highest BCUT2D eigenvalue weighted by Crippen LogP contribution is 2.24. The summed E-state index contributed by atoms with van der Waals surface area (Å²) in [6.45, 7) is 23.1. The molecule has 0 spiro atoms. The van der Waals surface area contributed by atoms with Crippen LogP contribution in [-0.2, 0) is 32.7 Å². The van der Waals surface area contributed by atoms with Crippen molar-refractivity contribution in [3.05, 3.63) is 12.2 Å². The summed E-state index contributed by atoms with van der Waals surface area (Å²) in [6, 6.07) is 3.14. The minimum absolute atomic E-state index is 0.0716. The van der Waals surface area contributed by atoms with Gasteiger partial charge in [0.1, 0.15) is 33.3 Å². The predicted molar refractivity (Wildman–Crippen MR) is 219 cm³/mol. The van der Waals surface area contributed by atoms with Gasteiger partial charge in [-0.05, 0) is 117 Å². The van der Waals surface area contributed by atoms with Gasteiger partial charge in [-0.15, -0.1) is 0 Å². The van der Waals surface area contributed by atoms with Gasteiger partial charge in [0, 0.05) is 50.5 Å². The van der Waals surface area contributed by atoms with Crippen molar-refractivity contribution in [2.24, 2.45) is 0 Å². The van der Waals surface area contributed by atoms with Crippen LogP contribution in [0.1, 0.15) is 79.1 Å². The van der Waals surface area contributed by atoms with Crippen LogP contribution in [0, 0.1) is 0 Å². The molecule has 0 aliphatic heterocycles. The molecule has 0 bridgehead atoms. The van der Waals surface area contributed by atoms with Crippen LogP contribution in [-0.4, -0.2) is 143 Å². The van der Waals surface area contributed by atoms with Crippen molar-refractivity contribution in [1.82, 2.24) is 21.3 Å². The molecule has 0 aliphatic carbocycles. The average molecular weight is 789 g/mol. The maximum Gasteiger partial charge on any atom is 0.307 e. The van der Waals surface area contributed by atoms with Crippen molar-refractivity contribution in [2.75, 3.05) is 59.8 Å². The topological polar surface area (TPSA) is 169 Å². The molecule has 0 aromatic rings. The third kappa shape index (κ3) is 32.6. The highest BCUT2D eigenvalue weighted by Gasteiger charge is 2.32. The number of ether oxygens (including phenoxy) is 4. The SMILES string of the molecule is [B]C(=C)NC(C)CCC(C)NCCC(=O)OCC(O)COCCC[Si](C)(C)O[Si](C)(C)CCCOCC(O)COC(=O)CCNC(C)CCC(C)NC. The van der Waals surface area contributed by atoms with Crippen LogP contribution in [0.25, 0.3) is 0 Å². The lowest BCUT2D eigenvalue weighted by molar-refractivity contribution is -0.148. The summed E-state index contributed by atoms with van der Waals surface area (Å²) >= 11 is 0. The second kappa shape index (κ2) is 29.9. The molecule has 6 N–H and O–H groups in total. The van der Waals surface area contributed by atoms with E-state index >= 15 is 0 Å². The fourth-order valence-corrected chi connectivity index (χ4v) is 14.5. The molecule has 0 amide bonds. The van der Waals surface area contributed by atoms with Crippen molar-refractivity contribution in [2.45, 2.75) is 154 Å². The fourth-order valence-electron chi connectivity index (χ4n) is 5.69. The number of hydrogen-bond donors (Lipinski definition) is 6. The van der Waals surface area contributed by atoms with Gasteiger partial charge >= 0.3 is 11.9 Å². The zero-order valence-corrected chi connectivity index (χ0v) is 36.7. The summed E-state index contributed by atoms with van der Waals surface area (Å²) in [6.07, 6.45) is 4.38. The number of aliphatic hydroxyl groups excluding tert-OH is 2. The van der Waals surface area contributed by atoms with E-state index in [2.05, 4.69) is 81.7 Å². The Balaban J connectivity index is 3.98. The Morgan fingerprint density at radius 2 is 1.08 bits per heavy atom. The Labute approximate surface area is 325 Å². The van der Waals surface area contributed by atoms with Crippen LogP contribution in [0.15, 0.2) is 12.2 Å². The number of carbonyl (C=O) groups excluding carboxylic acids is 2. The van der Waals surface area contributed by atoms with Crippen LogP contribution in [0.3, 0.4) is 0 Å². The lowest BCUT2D eigenvalue weighted by Gasteiger charge is -2.34. The molecule has 0 aliphatic rings. The van der Waals surface area contributed by atoms with E-state index in [4.69, 9.17) is 30.9 Å². The third-order valence-electron chi connectivity index (χ3n) is 8.82. The van der Waals surface area contributed by atoms with E-state index in [1.165, 1.54) is 0 Å². The summed E-state index contributed by atoms with van der Waals surface area (Å²) in [7, 11) is 3.68. The molecule has 16 heteroatoms. The van der Waals surface area contributed by atoms with Gasteiger partial charge in [0.25, 0.3) is 0 Å². The third-order valence-corrected chi connectivity index (χ3v) is 16.4. The van der Waals surface area contributed by atoms with Crippen LogP contribution in [0.4, 0.5) is 0 Å². The molecule has 6 atom stereocenters. The summed E-state index contributed by atoms with van der Waals surface area (Å²) in [5.41, 5.74) is 0.463. The van der Waals surface area contributed by atoms with Gasteiger partial charge in [0.15, 0.2) is 16.6 Å². The highest BCUT2D eigenvalue weighted by atomic mass is 28.4. The van der Waals surface area contributed by atoms with E-state index in [1.54, 1.807) is 0 Å². The molecular weight excluding hydrogens is 711 g/mol. The first-order valence-electron chi connectivity index (χ1n) is 19.7. The van der Waals surface area contributed by atoms with Gasteiger partial charge in [-0.2, -0.15) is 0 Å². The van der Waals surface area contributed by atoms with Gasteiger partial charge in [0.05, 0.1) is 26.1 Å².